The van der Waals surface area contributed by atoms with Gasteiger partial charge >= 0.3 is 0 Å². The molecule has 0 unspecified atom stereocenters. The van der Waals surface area contributed by atoms with Crippen molar-refractivity contribution in [3.8, 4) is 0 Å². The van der Waals surface area contributed by atoms with Gasteiger partial charge in [0.05, 0.1) is 5.56 Å². The van der Waals surface area contributed by atoms with Crippen LogP contribution in [0, 0.1) is 6.92 Å². The lowest BCUT2D eigenvalue weighted by Gasteiger charge is -2.01. The standard InChI is InChI=1S/C9H12N2O/c1-3-11-9(12)8-4-7(2)5-10-6-8/h4-6H,3H2,1-2H3,(H,11,12). The van der Waals surface area contributed by atoms with Crippen LogP contribution in [0.4, 0.5) is 0 Å². The molecular weight excluding hydrogens is 152 g/mol. The molecule has 0 radical (unpaired) electrons. The highest BCUT2D eigenvalue weighted by molar-refractivity contribution is 5.93. The van der Waals surface area contributed by atoms with E-state index in [0.29, 0.717) is 12.1 Å². The molecule has 0 saturated carbocycles. The lowest BCUT2D eigenvalue weighted by atomic mass is 10.2. The minimum Gasteiger partial charge on any atom is -0.352 e. The molecule has 0 fully saturated rings. The lowest BCUT2D eigenvalue weighted by Crippen LogP contribution is -2.22. The molecular formula is C9H12N2O. The fourth-order valence-electron chi connectivity index (χ4n) is 0.942. The van der Waals surface area contributed by atoms with Crippen LogP contribution < -0.4 is 5.32 Å². The molecule has 0 aliphatic carbocycles. The molecule has 3 nitrogen and oxygen atoms in total. The summed E-state index contributed by atoms with van der Waals surface area (Å²) in [5.74, 6) is -0.0614. The number of carbonyl (C=O) groups excluding carboxylic acids is 1. The lowest BCUT2D eigenvalue weighted by molar-refractivity contribution is 0.0955. The minimum atomic E-state index is -0.0614. The first kappa shape index (κ1) is 8.71. The third kappa shape index (κ3) is 2.05. The van der Waals surface area contributed by atoms with Crippen molar-refractivity contribution in [1.82, 2.24) is 10.3 Å². The summed E-state index contributed by atoms with van der Waals surface area (Å²) >= 11 is 0. The smallest absolute Gasteiger partial charge is 0.252 e. The molecule has 1 aromatic rings. The van der Waals surface area contributed by atoms with E-state index in [1.54, 1.807) is 12.4 Å². The molecule has 0 aliphatic heterocycles. The Morgan fingerprint density at radius 1 is 1.58 bits per heavy atom. The van der Waals surface area contributed by atoms with Gasteiger partial charge in [-0.3, -0.25) is 9.78 Å². The van der Waals surface area contributed by atoms with Gasteiger partial charge in [-0.1, -0.05) is 0 Å². The zero-order valence-corrected chi connectivity index (χ0v) is 7.29. The number of rotatable bonds is 2. The summed E-state index contributed by atoms with van der Waals surface area (Å²) in [5, 5.41) is 2.71. The van der Waals surface area contributed by atoms with Gasteiger partial charge in [-0.25, -0.2) is 0 Å². The van der Waals surface area contributed by atoms with Gasteiger partial charge in [-0.2, -0.15) is 0 Å². The number of carbonyl (C=O) groups is 1. The Hall–Kier alpha value is -1.38. The molecule has 1 rings (SSSR count). The van der Waals surface area contributed by atoms with Crippen LogP contribution in [0.25, 0.3) is 0 Å². The summed E-state index contributed by atoms with van der Waals surface area (Å²) in [5.41, 5.74) is 1.62. The summed E-state index contributed by atoms with van der Waals surface area (Å²) in [6, 6.07) is 1.82. The van der Waals surface area contributed by atoms with E-state index < -0.39 is 0 Å². The Balaban J connectivity index is 2.81. The van der Waals surface area contributed by atoms with Gasteiger partial charge in [0.2, 0.25) is 0 Å². The molecule has 0 spiro atoms. The van der Waals surface area contributed by atoms with Gasteiger partial charge in [0.1, 0.15) is 0 Å². The van der Waals surface area contributed by atoms with Crippen LogP contribution in [0.2, 0.25) is 0 Å². The van der Waals surface area contributed by atoms with Gasteiger partial charge in [-0.15, -0.1) is 0 Å². The number of aromatic nitrogens is 1. The average molecular weight is 164 g/mol. The Labute approximate surface area is 71.8 Å². The summed E-state index contributed by atoms with van der Waals surface area (Å²) < 4.78 is 0. The monoisotopic (exact) mass is 164 g/mol. The largest absolute Gasteiger partial charge is 0.352 e. The van der Waals surface area contributed by atoms with E-state index in [1.807, 2.05) is 19.9 Å². The zero-order chi connectivity index (χ0) is 8.97. The molecule has 0 saturated heterocycles. The van der Waals surface area contributed by atoms with Crippen molar-refractivity contribution in [3.05, 3.63) is 29.6 Å². The maximum Gasteiger partial charge on any atom is 0.252 e. The number of amides is 1. The number of pyridine rings is 1. The van der Waals surface area contributed by atoms with Gasteiger partial charge in [0.25, 0.3) is 5.91 Å². The second kappa shape index (κ2) is 3.85. The quantitative estimate of drug-likeness (QED) is 0.712. The van der Waals surface area contributed by atoms with Crippen LogP contribution in [-0.2, 0) is 0 Å². The average Bonchev–Trinajstić information content (AvgIpc) is 2.05. The molecule has 0 atom stereocenters. The Kier molecular flexibility index (Phi) is 2.80. The molecule has 0 aromatic carbocycles. The van der Waals surface area contributed by atoms with E-state index >= 15 is 0 Å². The fourth-order valence-corrected chi connectivity index (χ4v) is 0.942. The van der Waals surface area contributed by atoms with Crippen LogP contribution >= 0.6 is 0 Å². The van der Waals surface area contributed by atoms with Crippen LogP contribution in [0.3, 0.4) is 0 Å². The van der Waals surface area contributed by atoms with Gasteiger partial charge in [-0.05, 0) is 25.5 Å². The summed E-state index contributed by atoms with van der Waals surface area (Å²) in [6.07, 6.45) is 3.29. The van der Waals surface area contributed by atoms with Crippen LogP contribution in [0.15, 0.2) is 18.5 Å². The molecule has 0 aliphatic rings. The number of aryl methyl sites for hydroxylation is 1. The normalized spacial score (nSPS) is 9.50. The number of nitrogens with zero attached hydrogens (tertiary/aromatic N) is 1. The van der Waals surface area contributed by atoms with Gasteiger partial charge < -0.3 is 5.32 Å². The topological polar surface area (TPSA) is 42.0 Å². The second-order valence-corrected chi connectivity index (χ2v) is 2.61. The van der Waals surface area contributed by atoms with E-state index in [2.05, 4.69) is 10.3 Å². The molecule has 1 aromatic heterocycles. The zero-order valence-electron chi connectivity index (χ0n) is 7.29. The number of hydrogen-bond donors (Lipinski definition) is 1. The minimum absolute atomic E-state index is 0.0614. The molecule has 3 heteroatoms. The molecule has 0 bridgehead atoms. The maximum atomic E-state index is 11.2. The predicted octanol–water partition coefficient (Wildman–Crippen LogP) is 1.14. The van der Waals surface area contributed by atoms with E-state index in [9.17, 15) is 4.79 Å². The highest BCUT2D eigenvalue weighted by Crippen LogP contribution is 2.00. The van der Waals surface area contributed by atoms with Crippen LogP contribution in [0.5, 0.6) is 0 Å². The molecule has 1 N–H and O–H groups in total. The van der Waals surface area contributed by atoms with E-state index in [1.165, 1.54) is 0 Å². The third-order valence-corrected chi connectivity index (χ3v) is 1.47. The van der Waals surface area contributed by atoms with Gasteiger partial charge in [0, 0.05) is 18.9 Å². The second-order valence-electron chi connectivity index (χ2n) is 2.61. The van der Waals surface area contributed by atoms with E-state index in [-0.39, 0.29) is 5.91 Å². The first-order valence-corrected chi connectivity index (χ1v) is 3.94. The van der Waals surface area contributed by atoms with Crippen molar-refractivity contribution in [2.75, 3.05) is 6.54 Å². The summed E-state index contributed by atoms with van der Waals surface area (Å²) in [6.45, 7) is 4.45. The summed E-state index contributed by atoms with van der Waals surface area (Å²) in [7, 11) is 0. The first-order chi connectivity index (χ1) is 5.74. The Morgan fingerprint density at radius 2 is 2.33 bits per heavy atom. The summed E-state index contributed by atoms with van der Waals surface area (Å²) in [4.78, 5) is 15.2. The predicted molar refractivity (Wildman–Crippen MR) is 47.0 cm³/mol. The van der Waals surface area contributed by atoms with Crippen molar-refractivity contribution >= 4 is 5.91 Å². The fraction of sp³-hybridized carbons (Fsp3) is 0.333. The van der Waals surface area contributed by atoms with Crippen LogP contribution in [-0.4, -0.2) is 17.4 Å². The van der Waals surface area contributed by atoms with Crippen LogP contribution in [0.1, 0.15) is 22.8 Å². The van der Waals surface area contributed by atoms with Crippen molar-refractivity contribution in [2.24, 2.45) is 0 Å². The first-order valence-electron chi connectivity index (χ1n) is 3.94. The van der Waals surface area contributed by atoms with E-state index in [0.717, 1.165) is 5.56 Å². The van der Waals surface area contributed by atoms with Crippen molar-refractivity contribution in [3.63, 3.8) is 0 Å². The van der Waals surface area contributed by atoms with E-state index in [4.69, 9.17) is 0 Å². The van der Waals surface area contributed by atoms with Gasteiger partial charge in [0.15, 0.2) is 0 Å². The molecule has 12 heavy (non-hydrogen) atoms. The highest BCUT2D eigenvalue weighted by Gasteiger charge is 2.02. The number of nitrogens with one attached hydrogen (secondary N) is 1. The number of hydrogen-bond acceptors (Lipinski definition) is 2. The Morgan fingerprint density at radius 3 is 2.92 bits per heavy atom. The van der Waals surface area contributed by atoms with Crippen molar-refractivity contribution in [1.29, 1.82) is 0 Å². The molecule has 64 valence electrons. The third-order valence-electron chi connectivity index (χ3n) is 1.47. The molecule has 1 amide bonds. The molecule has 1 heterocycles. The maximum absolute atomic E-state index is 11.2. The SMILES string of the molecule is CCNC(=O)c1cncc(C)c1. The van der Waals surface area contributed by atoms with Crippen molar-refractivity contribution < 1.29 is 4.79 Å². The highest BCUT2D eigenvalue weighted by atomic mass is 16.1. The Bertz CT molecular complexity index is 284. The van der Waals surface area contributed by atoms with Crippen molar-refractivity contribution in [2.45, 2.75) is 13.8 Å².